The van der Waals surface area contributed by atoms with E-state index in [0.29, 0.717) is 24.4 Å². The van der Waals surface area contributed by atoms with E-state index in [9.17, 15) is 0 Å². The summed E-state index contributed by atoms with van der Waals surface area (Å²) in [5.74, 6) is 2.14. The van der Waals surface area contributed by atoms with Gasteiger partial charge in [-0.1, -0.05) is 0 Å². The number of methoxy groups -OCH3 is 1. The Bertz CT molecular complexity index is 629. The van der Waals surface area contributed by atoms with Crippen molar-refractivity contribution < 1.29 is 14.2 Å². The van der Waals surface area contributed by atoms with Gasteiger partial charge in [0.15, 0.2) is 17.5 Å². The molecule has 1 aromatic rings. The molecule has 152 valence electrons. The van der Waals surface area contributed by atoms with Gasteiger partial charge in [0.05, 0.1) is 26.4 Å². The number of aliphatic imine (C=N–C) groups is 1. The van der Waals surface area contributed by atoms with Crippen LogP contribution in [0.5, 0.6) is 11.5 Å². The van der Waals surface area contributed by atoms with Gasteiger partial charge in [0.2, 0.25) is 0 Å². The van der Waals surface area contributed by atoms with Gasteiger partial charge in [0.25, 0.3) is 0 Å². The van der Waals surface area contributed by atoms with Crippen LogP contribution in [0.25, 0.3) is 0 Å². The highest BCUT2D eigenvalue weighted by atomic mass is 127. The number of rotatable bonds is 6. The first kappa shape index (κ1) is 22.0. The van der Waals surface area contributed by atoms with Crippen LogP contribution in [-0.2, 0) is 4.74 Å². The van der Waals surface area contributed by atoms with Crippen molar-refractivity contribution in [2.45, 2.75) is 31.9 Å². The van der Waals surface area contributed by atoms with Crippen LogP contribution in [0, 0.1) is 0 Å². The second kappa shape index (κ2) is 10.9. The smallest absolute Gasteiger partial charge is 0.195 e. The highest BCUT2D eigenvalue weighted by Crippen LogP contribution is 2.30. The average Bonchev–Trinajstić information content (AvgIpc) is 3.14. The summed E-state index contributed by atoms with van der Waals surface area (Å²) in [6.45, 7) is 6.32. The summed E-state index contributed by atoms with van der Waals surface area (Å²) in [5.41, 5.74) is 0.891. The number of anilines is 1. The molecule has 2 saturated heterocycles. The second-order valence-corrected chi connectivity index (χ2v) is 6.62. The van der Waals surface area contributed by atoms with Crippen molar-refractivity contribution >= 4 is 35.6 Å². The molecule has 0 saturated carbocycles. The highest BCUT2D eigenvalue weighted by molar-refractivity contribution is 14.0. The van der Waals surface area contributed by atoms with Gasteiger partial charge in [-0.2, -0.15) is 0 Å². The molecule has 2 aliphatic rings. The van der Waals surface area contributed by atoms with E-state index in [1.807, 2.05) is 25.1 Å². The molecule has 0 spiro atoms. The lowest BCUT2D eigenvalue weighted by molar-refractivity contribution is -0.0452. The Balaban J connectivity index is 0.00000261. The number of halogens is 1. The second-order valence-electron chi connectivity index (χ2n) is 6.62. The minimum Gasteiger partial charge on any atom is -0.493 e. The first-order valence-electron chi connectivity index (χ1n) is 9.37. The lowest BCUT2D eigenvalue weighted by Gasteiger charge is -2.35. The van der Waals surface area contributed by atoms with Gasteiger partial charge in [-0.3, -0.25) is 9.89 Å². The van der Waals surface area contributed by atoms with E-state index in [1.165, 1.54) is 19.4 Å². The van der Waals surface area contributed by atoms with Gasteiger partial charge >= 0.3 is 0 Å². The van der Waals surface area contributed by atoms with E-state index in [1.54, 1.807) is 14.2 Å². The standard InChI is InChI=1S/C19H30N4O3.HI/c1-4-25-17-8-7-14(10-18(17)24-3)22-19(20-2)21-11-16-12-23-9-5-6-15(23)13-26-16;/h7-8,10,15-16H,4-6,9,11-13H2,1-3H3,(H2,20,21,22);1H. The van der Waals surface area contributed by atoms with E-state index in [-0.39, 0.29) is 30.1 Å². The van der Waals surface area contributed by atoms with Crippen LogP contribution in [0.4, 0.5) is 5.69 Å². The van der Waals surface area contributed by atoms with Gasteiger partial charge in [0, 0.05) is 37.9 Å². The Labute approximate surface area is 178 Å². The van der Waals surface area contributed by atoms with Crippen LogP contribution >= 0.6 is 24.0 Å². The number of ether oxygens (including phenoxy) is 3. The number of morpholine rings is 1. The SMILES string of the molecule is CCOc1ccc(NC(=NC)NCC2CN3CCCC3CO2)cc1OC.I. The van der Waals surface area contributed by atoms with Gasteiger partial charge in [-0.25, -0.2) is 0 Å². The van der Waals surface area contributed by atoms with Crippen molar-refractivity contribution in [3.63, 3.8) is 0 Å². The molecule has 7 nitrogen and oxygen atoms in total. The Morgan fingerprint density at radius 1 is 1.37 bits per heavy atom. The number of hydrogen-bond donors (Lipinski definition) is 2. The van der Waals surface area contributed by atoms with Crippen LogP contribution in [0.15, 0.2) is 23.2 Å². The zero-order chi connectivity index (χ0) is 18.4. The van der Waals surface area contributed by atoms with Crippen LogP contribution in [0.2, 0.25) is 0 Å². The van der Waals surface area contributed by atoms with Gasteiger partial charge < -0.3 is 24.8 Å². The minimum atomic E-state index is 0. The van der Waals surface area contributed by atoms with E-state index in [2.05, 4.69) is 20.5 Å². The van der Waals surface area contributed by atoms with E-state index in [4.69, 9.17) is 14.2 Å². The molecular formula is C19H31IN4O3. The van der Waals surface area contributed by atoms with Crippen molar-refractivity contribution in [2.75, 3.05) is 52.3 Å². The van der Waals surface area contributed by atoms with Crippen LogP contribution < -0.4 is 20.1 Å². The molecule has 2 fully saturated rings. The fourth-order valence-corrected chi connectivity index (χ4v) is 3.56. The molecule has 2 atom stereocenters. The van der Waals surface area contributed by atoms with E-state index >= 15 is 0 Å². The molecule has 0 aromatic heterocycles. The molecule has 2 unspecified atom stereocenters. The molecule has 27 heavy (non-hydrogen) atoms. The van der Waals surface area contributed by atoms with Crippen molar-refractivity contribution in [1.82, 2.24) is 10.2 Å². The summed E-state index contributed by atoms with van der Waals surface area (Å²) < 4.78 is 16.9. The van der Waals surface area contributed by atoms with Crippen LogP contribution in [-0.4, -0.2) is 70.0 Å². The van der Waals surface area contributed by atoms with Crippen molar-refractivity contribution in [2.24, 2.45) is 4.99 Å². The molecule has 2 aliphatic heterocycles. The Kier molecular flexibility index (Phi) is 8.91. The third-order valence-corrected chi connectivity index (χ3v) is 4.91. The number of fused-ring (bicyclic) bond motifs is 1. The molecular weight excluding hydrogens is 459 g/mol. The lowest BCUT2D eigenvalue weighted by Crippen LogP contribution is -2.50. The van der Waals surface area contributed by atoms with Crippen molar-refractivity contribution in [1.29, 1.82) is 0 Å². The summed E-state index contributed by atoms with van der Waals surface area (Å²) in [6.07, 6.45) is 2.75. The predicted molar refractivity (Wildman–Crippen MR) is 119 cm³/mol. The Morgan fingerprint density at radius 2 is 2.22 bits per heavy atom. The van der Waals surface area contributed by atoms with Crippen LogP contribution in [0.3, 0.4) is 0 Å². The Hall–Kier alpha value is -1.26. The molecule has 2 N–H and O–H groups in total. The quantitative estimate of drug-likeness (QED) is 0.363. The zero-order valence-electron chi connectivity index (χ0n) is 16.4. The third-order valence-electron chi connectivity index (χ3n) is 4.91. The molecule has 8 heteroatoms. The summed E-state index contributed by atoms with van der Waals surface area (Å²) >= 11 is 0. The number of hydrogen-bond acceptors (Lipinski definition) is 5. The number of nitrogens with one attached hydrogen (secondary N) is 2. The zero-order valence-corrected chi connectivity index (χ0v) is 18.7. The van der Waals surface area contributed by atoms with Crippen molar-refractivity contribution in [3.05, 3.63) is 18.2 Å². The maximum atomic E-state index is 5.99. The molecule has 0 amide bonds. The van der Waals surface area contributed by atoms with Crippen LogP contribution in [0.1, 0.15) is 19.8 Å². The van der Waals surface area contributed by atoms with Crippen molar-refractivity contribution in [3.8, 4) is 11.5 Å². The van der Waals surface area contributed by atoms with E-state index in [0.717, 1.165) is 31.1 Å². The fraction of sp³-hybridized carbons (Fsp3) is 0.632. The maximum absolute atomic E-state index is 5.99. The molecule has 2 heterocycles. The highest BCUT2D eigenvalue weighted by Gasteiger charge is 2.32. The monoisotopic (exact) mass is 490 g/mol. The predicted octanol–water partition coefficient (Wildman–Crippen LogP) is 2.56. The Morgan fingerprint density at radius 3 is 2.96 bits per heavy atom. The average molecular weight is 490 g/mol. The van der Waals surface area contributed by atoms with Gasteiger partial charge in [-0.15, -0.1) is 24.0 Å². The summed E-state index contributed by atoms with van der Waals surface area (Å²) in [5, 5.41) is 6.65. The summed E-state index contributed by atoms with van der Waals surface area (Å²) in [7, 11) is 3.40. The lowest BCUT2D eigenvalue weighted by atomic mass is 10.2. The molecule has 0 aliphatic carbocycles. The van der Waals surface area contributed by atoms with Gasteiger partial charge in [0.1, 0.15) is 0 Å². The molecule has 0 bridgehead atoms. The minimum absolute atomic E-state index is 0. The topological polar surface area (TPSA) is 67.4 Å². The number of benzene rings is 1. The largest absolute Gasteiger partial charge is 0.493 e. The normalized spacial score (nSPS) is 22.6. The first-order valence-corrected chi connectivity index (χ1v) is 9.37. The summed E-state index contributed by atoms with van der Waals surface area (Å²) in [4.78, 5) is 6.85. The number of nitrogens with zero attached hydrogens (tertiary/aromatic N) is 2. The van der Waals surface area contributed by atoms with Gasteiger partial charge in [-0.05, 0) is 38.4 Å². The molecule has 0 radical (unpaired) electrons. The van der Waals surface area contributed by atoms with E-state index < -0.39 is 0 Å². The summed E-state index contributed by atoms with van der Waals surface area (Å²) in [6, 6.07) is 6.38. The fourth-order valence-electron chi connectivity index (χ4n) is 3.56. The first-order chi connectivity index (χ1) is 12.7. The number of guanidine groups is 1. The third kappa shape index (κ3) is 5.86. The molecule has 3 rings (SSSR count). The molecule has 1 aromatic carbocycles. The maximum Gasteiger partial charge on any atom is 0.195 e.